The molecule has 2 atom stereocenters. The Labute approximate surface area is 198 Å². The summed E-state index contributed by atoms with van der Waals surface area (Å²) < 4.78 is 6.34. The number of ether oxygens (including phenoxy) is 1. The molecule has 182 valence electrons. The molecule has 33 heavy (non-hydrogen) atoms. The van der Waals surface area contributed by atoms with Crippen molar-refractivity contribution in [3.05, 3.63) is 24.3 Å². The minimum Gasteiger partial charge on any atom is -0.488 e. The number of para-hydroxylation sites is 2. The van der Waals surface area contributed by atoms with Crippen molar-refractivity contribution >= 4 is 17.5 Å². The minimum absolute atomic E-state index is 0.0650. The molecule has 3 aliphatic rings. The molecular formula is C26H40N4O3. The van der Waals surface area contributed by atoms with E-state index in [-0.39, 0.29) is 36.1 Å². The molecule has 2 unspecified atom stereocenters. The lowest BCUT2D eigenvalue weighted by atomic mass is 9.90. The van der Waals surface area contributed by atoms with Gasteiger partial charge in [-0.05, 0) is 56.7 Å². The second-order valence-electron chi connectivity index (χ2n) is 10.2. The number of carbonyl (C=O) groups excluding carboxylic acids is 2. The maximum absolute atomic E-state index is 12.7. The molecule has 1 aromatic rings. The summed E-state index contributed by atoms with van der Waals surface area (Å²) in [4.78, 5) is 31.4. The zero-order valence-corrected chi connectivity index (χ0v) is 20.2. The van der Waals surface area contributed by atoms with Crippen molar-refractivity contribution in [2.24, 2.45) is 17.6 Å². The number of carbonyl (C=O) groups is 2. The average Bonchev–Trinajstić information content (AvgIpc) is 3.42. The van der Waals surface area contributed by atoms with Gasteiger partial charge in [0.15, 0.2) is 0 Å². The van der Waals surface area contributed by atoms with Gasteiger partial charge in [-0.3, -0.25) is 19.4 Å². The number of nitrogens with zero attached hydrogens (tertiary/aromatic N) is 3. The molecule has 2 N–H and O–H groups in total. The maximum Gasteiger partial charge on any atom is 0.234 e. The average molecular weight is 457 g/mol. The van der Waals surface area contributed by atoms with Gasteiger partial charge in [-0.15, -0.1) is 0 Å². The van der Waals surface area contributed by atoms with Crippen molar-refractivity contribution in [1.29, 1.82) is 0 Å². The smallest absolute Gasteiger partial charge is 0.234 e. The van der Waals surface area contributed by atoms with Crippen LogP contribution in [0, 0.1) is 11.8 Å². The summed E-state index contributed by atoms with van der Waals surface area (Å²) in [6.45, 7) is 9.26. The number of hydrogen-bond acceptors (Lipinski definition) is 6. The van der Waals surface area contributed by atoms with Gasteiger partial charge in [-0.1, -0.05) is 26.0 Å². The maximum atomic E-state index is 12.7. The lowest BCUT2D eigenvalue weighted by molar-refractivity contribution is -0.139. The topological polar surface area (TPSA) is 79.1 Å². The van der Waals surface area contributed by atoms with E-state index < -0.39 is 0 Å². The molecule has 0 spiro atoms. The molecule has 3 fully saturated rings. The molecule has 2 saturated heterocycles. The van der Waals surface area contributed by atoms with E-state index >= 15 is 0 Å². The van der Waals surface area contributed by atoms with Crippen LogP contribution in [0.2, 0.25) is 0 Å². The van der Waals surface area contributed by atoms with Gasteiger partial charge in [-0.25, -0.2) is 0 Å². The van der Waals surface area contributed by atoms with Gasteiger partial charge >= 0.3 is 0 Å². The van der Waals surface area contributed by atoms with Gasteiger partial charge in [0.1, 0.15) is 5.75 Å². The van der Waals surface area contributed by atoms with Crippen molar-refractivity contribution in [2.75, 3.05) is 44.2 Å². The van der Waals surface area contributed by atoms with Gasteiger partial charge in [-0.2, -0.15) is 0 Å². The van der Waals surface area contributed by atoms with E-state index in [1.807, 2.05) is 13.8 Å². The second kappa shape index (κ2) is 10.9. The zero-order chi connectivity index (χ0) is 23.4. The van der Waals surface area contributed by atoms with Crippen molar-refractivity contribution in [1.82, 2.24) is 9.80 Å². The third kappa shape index (κ3) is 5.69. The predicted octanol–water partition coefficient (Wildman–Crippen LogP) is 2.88. The fraction of sp³-hybridized carbons (Fsp3) is 0.692. The number of rotatable bonds is 9. The van der Waals surface area contributed by atoms with Gasteiger partial charge < -0.3 is 15.4 Å². The van der Waals surface area contributed by atoms with Crippen LogP contribution in [0.5, 0.6) is 5.75 Å². The highest BCUT2D eigenvalue weighted by molar-refractivity contribution is 6.03. The molecule has 0 bridgehead atoms. The van der Waals surface area contributed by atoms with Crippen molar-refractivity contribution in [3.63, 3.8) is 0 Å². The molecule has 7 nitrogen and oxygen atoms in total. The molecule has 4 rings (SSSR count). The van der Waals surface area contributed by atoms with E-state index in [4.69, 9.17) is 10.5 Å². The molecule has 1 aromatic carbocycles. The SMILES string of the molecule is CC(C)C(N)C1CC(=O)N(CCCN2CCN(c3ccccc3OC3CCCC3)CC2)C1=O. The van der Waals surface area contributed by atoms with E-state index in [0.29, 0.717) is 12.6 Å². The number of hydrogen-bond donors (Lipinski definition) is 1. The lowest BCUT2D eigenvalue weighted by Gasteiger charge is -2.37. The Morgan fingerprint density at radius 3 is 2.42 bits per heavy atom. The van der Waals surface area contributed by atoms with Crippen LogP contribution in [0.25, 0.3) is 0 Å². The van der Waals surface area contributed by atoms with Gasteiger partial charge in [0.05, 0.1) is 17.7 Å². The summed E-state index contributed by atoms with van der Waals surface area (Å²) in [5.41, 5.74) is 7.38. The van der Waals surface area contributed by atoms with Crippen LogP contribution in [0.3, 0.4) is 0 Å². The monoisotopic (exact) mass is 456 g/mol. The number of piperazine rings is 1. The van der Waals surface area contributed by atoms with Crippen molar-refractivity contribution in [3.8, 4) is 5.75 Å². The molecule has 1 aliphatic carbocycles. The van der Waals surface area contributed by atoms with Crippen LogP contribution in [-0.2, 0) is 9.59 Å². The Bertz CT molecular complexity index is 816. The summed E-state index contributed by atoms with van der Waals surface area (Å²) in [5, 5.41) is 0. The number of benzene rings is 1. The highest BCUT2D eigenvalue weighted by atomic mass is 16.5. The summed E-state index contributed by atoms with van der Waals surface area (Å²) in [6.07, 6.45) is 6.29. The molecule has 1 saturated carbocycles. The third-order valence-electron chi connectivity index (χ3n) is 7.54. The van der Waals surface area contributed by atoms with Gasteiger partial charge in [0.2, 0.25) is 11.8 Å². The Hall–Kier alpha value is -2.12. The van der Waals surface area contributed by atoms with Gasteiger partial charge in [0, 0.05) is 45.2 Å². The van der Waals surface area contributed by atoms with E-state index in [2.05, 4.69) is 34.1 Å². The number of nitrogens with two attached hydrogens (primary N) is 1. The molecule has 0 radical (unpaired) electrons. The lowest BCUT2D eigenvalue weighted by Crippen LogP contribution is -2.47. The molecule has 2 heterocycles. The first kappa shape index (κ1) is 24.0. The van der Waals surface area contributed by atoms with Crippen LogP contribution in [0.15, 0.2) is 24.3 Å². The highest BCUT2D eigenvalue weighted by Gasteiger charge is 2.42. The third-order valence-corrected chi connectivity index (χ3v) is 7.54. The molecule has 7 heteroatoms. The Morgan fingerprint density at radius 2 is 1.73 bits per heavy atom. The normalized spacial score (nSPS) is 23.7. The van der Waals surface area contributed by atoms with Crippen LogP contribution >= 0.6 is 0 Å². The quantitative estimate of drug-likeness (QED) is 0.576. The Morgan fingerprint density at radius 1 is 1.03 bits per heavy atom. The van der Waals surface area contributed by atoms with E-state index in [1.54, 1.807) is 0 Å². The summed E-state index contributed by atoms with van der Waals surface area (Å²) in [5.74, 6) is 0.706. The number of anilines is 1. The second-order valence-corrected chi connectivity index (χ2v) is 10.2. The standard InChI is InChI=1S/C26H40N4O3/c1-19(2)25(27)21-18-24(31)30(26(21)32)13-7-12-28-14-16-29(17-15-28)22-10-5-6-11-23(22)33-20-8-3-4-9-20/h5-6,10-11,19-21,25H,3-4,7-9,12-18,27H2,1-2H3. The first-order chi connectivity index (χ1) is 15.9. The molecular weight excluding hydrogens is 416 g/mol. The zero-order valence-electron chi connectivity index (χ0n) is 20.2. The molecule has 2 aliphatic heterocycles. The summed E-state index contributed by atoms with van der Waals surface area (Å²) in [7, 11) is 0. The number of likely N-dealkylation sites (tertiary alicyclic amines) is 1. The van der Waals surface area contributed by atoms with Crippen LogP contribution < -0.4 is 15.4 Å². The molecule has 0 aromatic heterocycles. The Balaban J connectivity index is 1.23. The largest absolute Gasteiger partial charge is 0.488 e. The number of imide groups is 1. The van der Waals surface area contributed by atoms with Crippen molar-refractivity contribution in [2.45, 2.75) is 64.5 Å². The summed E-state index contributed by atoms with van der Waals surface area (Å²) in [6, 6.07) is 8.17. The first-order valence-corrected chi connectivity index (χ1v) is 12.8. The first-order valence-electron chi connectivity index (χ1n) is 12.8. The Kier molecular flexibility index (Phi) is 7.91. The fourth-order valence-electron chi connectivity index (χ4n) is 5.38. The molecule has 2 amide bonds. The minimum atomic E-state index is -0.354. The van der Waals surface area contributed by atoms with E-state index in [1.165, 1.54) is 23.4 Å². The number of amides is 2. The fourth-order valence-corrected chi connectivity index (χ4v) is 5.38. The van der Waals surface area contributed by atoms with E-state index in [0.717, 1.165) is 57.7 Å². The summed E-state index contributed by atoms with van der Waals surface area (Å²) >= 11 is 0. The highest BCUT2D eigenvalue weighted by Crippen LogP contribution is 2.33. The van der Waals surface area contributed by atoms with Crippen LogP contribution in [-0.4, -0.2) is 73.0 Å². The van der Waals surface area contributed by atoms with Crippen LogP contribution in [0.1, 0.15) is 52.4 Å². The van der Waals surface area contributed by atoms with Gasteiger partial charge in [0.25, 0.3) is 0 Å². The van der Waals surface area contributed by atoms with Crippen molar-refractivity contribution < 1.29 is 14.3 Å². The van der Waals surface area contributed by atoms with E-state index in [9.17, 15) is 9.59 Å². The van der Waals surface area contributed by atoms with Crippen LogP contribution in [0.4, 0.5) is 5.69 Å². The predicted molar refractivity (Wildman–Crippen MR) is 130 cm³/mol.